The third kappa shape index (κ3) is 14.1. The first-order valence-corrected chi connectivity index (χ1v) is 45.9. The second-order valence-electron chi connectivity index (χ2n) is 32.5. The van der Waals surface area contributed by atoms with Gasteiger partial charge in [-0.2, -0.15) is 0 Å². The van der Waals surface area contributed by atoms with Crippen LogP contribution in [0.2, 0.25) is 0 Å². The van der Waals surface area contributed by atoms with Gasteiger partial charge in [-0.1, -0.05) is 358 Å². The lowest BCUT2D eigenvalue weighted by molar-refractivity contribution is 1.23. The number of pyridine rings is 2. The van der Waals surface area contributed by atoms with Gasteiger partial charge in [-0.05, 0) is 173 Å². The summed E-state index contributed by atoms with van der Waals surface area (Å²) < 4.78 is 7.93. The summed E-state index contributed by atoms with van der Waals surface area (Å²) in [7, 11) is 0. The molecule has 0 fully saturated rings. The van der Waals surface area contributed by atoms with Gasteiger partial charge in [0.05, 0.1) is 50.5 Å². The van der Waals surface area contributed by atoms with Gasteiger partial charge in [-0.15, -0.1) is 34.0 Å². The molecule has 0 spiro atoms. The first-order chi connectivity index (χ1) is 63.9. The maximum absolute atomic E-state index is 5.35. The number of rotatable bonds is 11. The molecule has 0 bridgehead atoms. The first kappa shape index (κ1) is 76.5. The normalized spacial score (nSPS) is 11.6. The Kier molecular flexibility index (Phi) is 19.4. The molecule has 7 aromatic heterocycles. The Morgan fingerprint density at radius 1 is 0.163 bits per heavy atom. The molecule has 0 radical (unpaired) electrons. The van der Waals surface area contributed by atoms with Crippen molar-refractivity contribution >= 4 is 160 Å². The Hall–Kier alpha value is -16.1. The van der Waals surface area contributed by atoms with Gasteiger partial charge in [-0.25, -0.2) is 24.9 Å². The molecule has 0 N–H and O–H groups in total. The zero-order valence-corrected chi connectivity index (χ0v) is 72.1. The monoisotopic (exact) mass is 1690 g/mol. The van der Waals surface area contributed by atoms with Crippen molar-refractivity contribution in [1.82, 2.24) is 29.9 Å². The third-order valence-electron chi connectivity index (χ3n) is 24.9. The van der Waals surface area contributed by atoms with Crippen LogP contribution in [0.4, 0.5) is 0 Å². The minimum absolute atomic E-state index is 0.737. The Bertz CT molecular complexity index is 8870. The molecule has 0 saturated heterocycles. The van der Waals surface area contributed by atoms with E-state index in [4.69, 9.17) is 29.9 Å². The SMILES string of the molecule is c1ccc(-c2nc(-c3ccccc3)c3ccc(-c4ccc(-c5cccc6sc7ccccc7c56)cc4)cc3n2)cc1.c1ccc(-c2nc3ccc(-c4ccc(-c5cccc6sc7ccccc7c56)c5ccccc45)cc3nc2-c2ccccc2)cc1.c1ccc2cc(-c3nc(-c4ccc(-c5cccc6sc7ccccc7c56)c5ccccc45)cc4ncccc34)ccc2c1. The van der Waals surface area contributed by atoms with Crippen LogP contribution in [0.5, 0.6) is 0 Å². The number of thiophene rings is 3. The molecule has 0 amide bonds. The van der Waals surface area contributed by atoms with Crippen LogP contribution in [0, 0.1) is 0 Å². The van der Waals surface area contributed by atoms with E-state index in [1.807, 2.05) is 82.7 Å². The molecular weight excluding hydrogens is 1620 g/mol. The van der Waals surface area contributed by atoms with Crippen LogP contribution >= 0.6 is 34.0 Å². The van der Waals surface area contributed by atoms with Crippen LogP contribution in [0.15, 0.2) is 449 Å². The molecule has 7 heterocycles. The average molecular weight is 1700 g/mol. The van der Waals surface area contributed by atoms with Gasteiger partial charge in [0, 0.05) is 111 Å². The lowest BCUT2D eigenvalue weighted by atomic mass is 9.90. The zero-order valence-electron chi connectivity index (χ0n) is 69.6. The predicted molar refractivity (Wildman–Crippen MR) is 550 cm³/mol. The second kappa shape index (κ2) is 32.8. The van der Waals surface area contributed by atoms with E-state index in [-0.39, 0.29) is 0 Å². The van der Waals surface area contributed by atoms with Gasteiger partial charge >= 0.3 is 0 Å². The Balaban J connectivity index is 0.000000108. The summed E-state index contributed by atoms with van der Waals surface area (Å²) in [5.74, 6) is 0.737. The molecule has 0 aliphatic rings. The van der Waals surface area contributed by atoms with E-state index in [0.29, 0.717) is 0 Å². The van der Waals surface area contributed by atoms with E-state index < -0.39 is 0 Å². The van der Waals surface area contributed by atoms with Gasteiger partial charge in [-0.3, -0.25) is 4.98 Å². The summed E-state index contributed by atoms with van der Waals surface area (Å²) in [5.41, 5.74) is 26.8. The predicted octanol–water partition coefficient (Wildman–Crippen LogP) is 33.8. The van der Waals surface area contributed by atoms with Crippen LogP contribution in [0.3, 0.4) is 0 Å². The number of nitrogens with zero attached hydrogens (tertiary/aromatic N) is 6. The van der Waals surface area contributed by atoms with Crippen LogP contribution in [-0.2, 0) is 0 Å². The van der Waals surface area contributed by atoms with Gasteiger partial charge < -0.3 is 0 Å². The summed E-state index contributed by atoms with van der Waals surface area (Å²) in [5, 5.41) is 17.4. The highest BCUT2D eigenvalue weighted by Crippen LogP contribution is 2.49. The van der Waals surface area contributed by atoms with Crippen molar-refractivity contribution in [2.24, 2.45) is 0 Å². The van der Waals surface area contributed by atoms with Crippen molar-refractivity contribution in [3.8, 4) is 123 Å². The fourth-order valence-corrected chi connectivity index (χ4v) is 22.2. The van der Waals surface area contributed by atoms with Crippen LogP contribution in [0.1, 0.15) is 0 Å². The lowest BCUT2D eigenvalue weighted by Crippen LogP contribution is -1.96. The highest BCUT2D eigenvalue weighted by molar-refractivity contribution is 7.26. The summed E-state index contributed by atoms with van der Waals surface area (Å²) in [6.07, 6.45) is 1.86. The molecule has 0 aliphatic heterocycles. The molecule has 26 rings (SSSR count). The van der Waals surface area contributed by atoms with Gasteiger partial charge in [0.1, 0.15) is 0 Å². The van der Waals surface area contributed by atoms with E-state index in [2.05, 4.69) is 400 Å². The van der Waals surface area contributed by atoms with E-state index in [9.17, 15) is 0 Å². The molecule has 0 aliphatic carbocycles. The molecule has 6 nitrogen and oxygen atoms in total. The molecule has 19 aromatic carbocycles. The molecule has 0 saturated carbocycles. The van der Waals surface area contributed by atoms with Crippen molar-refractivity contribution in [3.05, 3.63) is 449 Å². The van der Waals surface area contributed by atoms with E-state index in [1.54, 1.807) is 0 Å². The van der Waals surface area contributed by atoms with Crippen LogP contribution in [0.25, 0.3) is 249 Å². The fourth-order valence-electron chi connectivity index (χ4n) is 18.8. The first-order valence-electron chi connectivity index (χ1n) is 43.4. The Labute approximate surface area is 756 Å². The second-order valence-corrected chi connectivity index (χ2v) is 35.8. The fraction of sp³-hybridized carbons (Fsp3) is 0. The highest BCUT2D eigenvalue weighted by atomic mass is 32.1. The summed E-state index contributed by atoms with van der Waals surface area (Å²) >= 11 is 5.58. The number of benzene rings is 19. The lowest BCUT2D eigenvalue weighted by Gasteiger charge is -2.15. The molecule has 129 heavy (non-hydrogen) atoms. The third-order valence-corrected chi connectivity index (χ3v) is 28.3. The highest BCUT2D eigenvalue weighted by Gasteiger charge is 2.23. The quantitative estimate of drug-likeness (QED) is 0.128. The van der Waals surface area contributed by atoms with Crippen molar-refractivity contribution in [2.45, 2.75) is 0 Å². The van der Waals surface area contributed by atoms with Gasteiger partial charge in [0.2, 0.25) is 0 Å². The smallest absolute Gasteiger partial charge is 0.160 e. The molecule has 9 heteroatoms. The van der Waals surface area contributed by atoms with Gasteiger partial charge in [0.25, 0.3) is 0 Å². The van der Waals surface area contributed by atoms with Crippen LogP contribution < -0.4 is 0 Å². The summed E-state index contributed by atoms with van der Waals surface area (Å²) in [4.78, 5) is 30.6. The number of hydrogen-bond acceptors (Lipinski definition) is 9. The topological polar surface area (TPSA) is 77.3 Å². The Morgan fingerprint density at radius 2 is 0.566 bits per heavy atom. The molecule has 26 aromatic rings. The van der Waals surface area contributed by atoms with Crippen molar-refractivity contribution in [3.63, 3.8) is 0 Å². The summed E-state index contributed by atoms with van der Waals surface area (Å²) in [6, 6.07) is 157. The maximum atomic E-state index is 5.35. The zero-order chi connectivity index (χ0) is 85.2. The van der Waals surface area contributed by atoms with E-state index in [0.717, 1.165) is 112 Å². The molecule has 0 unspecified atom stereocenters. The summed E-state index contributed by atoms with van der Waals surface area (Å²) in [6.45, 7) is 0. The van der Waals surface area contributed by atoms with Crippen molar-refractivity contribution in [1.29, 1.82) is 0 Å². The number of fused-ring (bicyclic) bond motifs is 15. The minimum atomic E-state index is 0.737. The van der Waals surface area contributed by atoms with Crippen molar-refractivity contribution in [2.75, 3.05) is 0 Å². The van der Waals surface area contributed by atoms with Crippen LogP contribution in [-0.4, -0.2) is 29.9 Å². The average Bonchev–Trinajstić information content (AvgIpc) is 1.73. The van der Waals surface area contributed by atoms with Gasteiger partial charge in [0.15, 0.2) is 5.82 Å². The van der Waals surface area contributed by atoms with Crippen molar-refractivity contribution < 1.29 is 0 Å². The molecule has 0 atom stereocenters. The number of hydrogen-bond donors (Lipinski definition) is 0. The molecular formula is C120H74N6S3. The standard InChI is InChI=1S/C42H26N2S.C40H24N2S.C38H24N2S/c1-3-12-27(13-4-1)41-42(28-14-5-2-6-15-28)44-37-26-29(22-25-36(37)43-41)30-23-24-33(32-17-8-7-16-31(30)32)34-19-11-21-39-40(34)35-18-9-10-20-38(35)45-39;1-2-10-26-23-27(19-18-25(26)9-1)40-33-15-8-22-41-35(33)24-36(42-40)31-21-20-30(28-11-3-4-12-29(28)31)32-14-7-17-38-39(32)34-13-5-6-16-37(34)43-38;1-3-10-27(11-4-1)37-31-23-22-29(24-33(31)39-38(40-37)28-12-5-2-6-13-28)25-18-20-26(21-19-25)30-15-9-17-35-36(30)32-14-7-8-16-34(32)41-35/h1-26H;1-24H;1-24H. The maximum Gasteiger partial charge on any atom is 0.160 e. The van der Waals surface area contributed by atoms with E-state index >= 15 is 0 Å². The molecule has 602 valence electrons. The minimum Gasteiger partial charge on any atom is -0.256 e. The van der Waals surface area contributed by atoms with E-state index in [1.165, 1.54) is 137 Å². The number of aromatic nitrogens is 6. The Morgan fingerprint density at radius 3 is 1.15 bits per heavy atom. The largest absolute Gasteiger partial charge is 0.256 e.